The van der Waals surface area contributed by atoms with Gasteiger partial charge in [-0.05, 0) is 56.6 Å². The standard InChI is InChI=1S/C19H24N6O3S/c1-11-17(18-25(23-11)9-4-10-28-18)29(20,27)24-19(26)22-16-12-5-2-7-14(12)21-15-8-3-6-13(15)16/h2-10H2,1H3,(H3,20,21,22,24,26,27). The van der Waals surface area contributed by atoms with E-state index in [0.717, 1.165) is 73.1 Å². The van der Waals surface area contributed by atoms with Gasteiger partial charge in [-0.3, -0.25) is 4.98 Å². The molecular weight excluding hydrogens is 392 g/mol. The van der Waals surface area contributed by atoms with Crippen LogP contribution in [-0.4, -0.2) is 31.6 Å². The number of nitrogens with zero attached hydrogens (tertiary/aromatic N) is 4. The molecule has 1 atom stereocenters. The summed E-state index contributed by atoms with van der Waals surface area (Å²) in [5.74, 6) is 0.350. The van der Waals surface area contributed by atoms with Crippen LogP contribution in [0.3, 0.4) is 0 Å². The van der Waals surface area contributed by atoms with E-state index in [1.807, 2.05) is 0 Å². The molecule has 1 aliphatic heterocycles. The van der Waals surface area contributed by atoms with Crippen LogP contribution in [0.25, 0.3) is 0 Å². The summed E-state index contributed by atoms with van der Waals surface area (Å²) in [5.41, 5.74) is 5.56. The van der Waals surface area contributed by atoms with Gasteiger partial charge in [0, 0.05) is 24.4 Å². The lowest BCUT2D eigenvalue weighted by molar-refractivity contribution is 0.224. The maximum absolute atomic E-state index is 13.2. The third-order valence-corrected chi connectivity index (χ3v) is 7.27. The maximum atomic E-state index is 13.2. The van der Waals surface area contributed by atoms with Crippen molar-refractivity contribution in [2.24, 2.45) is 9.50 Å². The van der Waals surface area contributed by atoms with Crippen molar-refractivity contribution in [2.75, 3.05) is 11.9 Å². The Hall–Kier alpha value is -2.46. The van der Waals surface area contributed by atoms with Crippen LogP contribution < -0.4 is 15.2 Å². The van der Waals surface area contributed by atoms with Crippen LogP contribution in [0.5, 0.6) is 5.88 Å². The van der Waals surface area contributed by atoms with Crippen molar-refractivity contribution in [1.29, 1.82) is 0 Å². The largest absolute Gasteiger partial charge is 0.477 e. The Morgan fingerprint density at radius 2 is 1.86 bits per heavy atom. The van der Waals surface area contributed by atoms with Gasteiger partial charge in [0.2, 0.25) is 5.88 Å². The number of carbonyl (C=O) groups excluding carboxylic acids is 1. The quantitative estimate of drug-likeness (QED) is 0.777. The molecule has 1 unspecified atom stereocenters. The van der Waals surface area contributed by atoms with Gasteiger partial charge in [0.05, 0.1) is 18.0 Å². The number of urea groups is 1. The zero-order valence-corrected chi connectivity index (χ0v) is 17.2. The number of aromatic nitrogens is 3. The fourth-order valence-corrected chi connectivity index (χ4v) is 5.85. The number of aryl methyl sites for hydroxylation is 4. The number of nitrogens with two attached hydrogens (primary N) is 1. The number of carbonyl (C=O) groups is 1. The molecule has 0 bridgehead atoms. The van der Waals surface area contributed by atoms with Gasteiger partial charge in [0.15, 0.2) is 9.92 Å². The molecule has 0 saturated heterocycles. The van der Waals surface area contributed by atoms with Crippen molar-refractivity contribution in [3.63, 3.8) is 0 Å². The first-order valence-corrected chi connectivity index (χ1v) is 11.6. The molecule has 2 aromatic heterocycles. The van der Waals surface area contributed by atoms with Crippen molar-refractivity contribution < 1.29 is 13.7 Å². The molecule has 2 aromatic rings. The Morgan fingerprint density at radius 1 is 1.17 bits per heavy atom. The van der Waals surface area contributed by atoms with Gasteiger partial charge >= 0.3 is 6.03 Å². The Morgan fingerprint density at radius 3 is 2.55 bits per heavy atom. The molecule has 10 heteroatoms. The summed E-state index contributed by atoms with van der Waals surface area (Å²) in [6, 6.07) is -0.706. The second-order valence-corrected chi connectivity index (χ2v) is 9.51. The molecule has 2 amide bonds. The lowest BCUT2D eigenvalue weighted by atomic mass is 10.1. The highest BCUT2D eigenvalue weighted by Crippen LogP contribution is 2.37. The van der Waals surface area contributed by atoms with E-state index in [0.29, 0.717) is 24.7 Å². The number of pyridine rings is 1. The number of fused-ring (bicyclic) bond motifs is 3. The number of ether oxygens (including phenoxy) is 1. The Bertz CT molecular complexity index is 1110. The average Bonchev–Trinajstić information content (AvgIpc) is 3.37. The molecule has 3 N–H and O–H groups in total. The number of nitrogens with one attached hydrogen (secondary N) is 1. The van der Waals surface area contributed by atoms with E-state index in [9.17, 15) is 9.00 Å². The van der Waals surface area contributed by atoms with E-state index in [2.05, 4.69) is 14.8 Å². The van der Waals surface area contributed by atoms with Crippen molar-refractivity contribution in [1.82, 2.24) is 14.8 Å². The van der Waals surface area contributed by atoms with Crippen molar-refractivity contribution in [3.05, 3.63) is 28.2 Å². The molecule has 0 fully saturated rings. The van der Waals surface area contributed by atoms with Gasteiger partial charge in [0.25, 0.3) is 0 Å². The van der Waals surface area contributed by atoms with Gasteiger partial charge < -0.3 is 10.1 Å². The first-order valence-electron chi connectivity index (χ1n) is 10.0. The van der Waals surface area contributed by atoms with Crippen LogP contribution >= 0.6 is 0 Å². The predicted octanol–water partition coefficient (Wildman–Crippen LogP) is 2.28. The van der Waals surface area contributed by atoms with Crippen LogP contribution in [0.2, 0.25) is 0 Å². The topological polar surface area (TPSA) is 124 Å². The van der Waals surface area contributed by atoms with Crippen LogP contribution in [-0.2, 0) is 42.1 Å². The second-order valence-electron chi connectivity index (χ2n) is 7.78. The zero-order valence-electron chi connectivity index (χ0n) is 16.4. The lowest BCUT2D eigenvalue weighted by Gasteiger charge is -2.16. The molecule has 9 nitrogen and oxygen atoms in total. The normalized spacial score (nSPS) is 19.0. The summed E-state index contributed by atoms with van der Waals surface area (Å²) >= 11 is 0. The molecule has 29 heavy (non-hydrogen) atoms. The van der Waals surface area contributed by atoms with Gasteiger partial charge in [-0.1, -0.05) is 0 Å². The molecule has 0 spiro atoms. The minimum atomic E-state index is -3.50. The predicted molar refractivity (Wildman–Crippen MR) is 107 cm³/mol. The van der Waals surface area contributed by atoms with E-state index >= 15 is 0 Å². The Balaban J connectivity index is 1.51. The van der Waals surface area contributed by atoms with Gasteiger partial charge in [-0.15, -0.1) is 4.36 Å². The summed E-state index contributed by atoms with van der Waals surface area (Å²) in [5, 5.41) is 13.3. The van der Waals surface area contributed by atoms with E-state index in [1.165, 1.54) is 0 Å². The van der Waals surface area contributed by atoms with E-state index in [1.54, 1.807) is 11.6 Å². The molecule has 0 aromatic carbocycles. The third kappa shape index (κ3) is 3.10. The van der Waals surface area contributed by atoms with Crippen LogP contribution in [0.1, 0.15) is 47.5 Å². The van der Waals surface area contributed by atoms with Gasteiger partial charge in [-0.25, -0.2) is 18.8 Å². The summed E-state index contributed by atoms with van der Waals surface area (Å²) in [4.78, 5) is 17.8. The average molecular weight is 417 g/mol. The van der Waals surface area contributed by atoms with Crippen molar-refractivity contribution in [3.8, 4) is 5.88 Å². The highest BCUT2D eigenvalue weighted by molar-refractivity contribution is 7.91. The zero-order chi connectivity index (χ0) is 20.2. The smallest absolute Gasteiger partial charge is 0.354 e. The van der Waals surface area contributed by atoms with Gasteiger partial charge in [0.1, 0.15) is 4.90 Å². The number of anilines is 1. The SMILES string of the molecule is Cc1nn2c(c1S(N)(=O)=NC(=O)Nc1c3c(nc4c1CCC4)CCC3)OCCC2. The first-order chi connectivity index (χ1) is 13.9. The number of rotatable bonds is 2. The maximum Gasteiger partial charge on any atom is 0.354 e. The second kappa shape index (κ2) is 6.81. The highest BCUT2D eigenvalue weighted by atomic mass is 32.2. The molecular formula is C19H24N6O3S. The Kier molecular flexibility index (Phi) is 4.36. The van der Waals surface area contributed by atoms with Crippen LogP contribution in [0.15, 0.2) is 9.26 Å². The summed E-state index contributed by atoms with van der Waals surface area (Å²) in [7, 11) is -3.50. The highest BCUT2D eigenvalue weighted by Gasteiger charge is 2.29. The lowest BCUT2D eigenvalue weighted by Crippen LogP contribution is -2.21. The van der Waals surface area contributed by atoms with Crippen molar-refractivity contribution in [2.45, 2.75) is 63.3 Å². The summed E-state index contributed by atoms with van der Waals surface area (Å²) in [6.07, 6.45) is 6.48. The molecule has 0 radical (unpaired) electrons. The van der Waals surface area contributed by atoms with Crippen molar-refractivity contribution >= 4 is 21.6 Å². The monoisotopic (exact) mass is 416 g/mol. The Labute approximate surface area is 169 Å². The first kappa shape index (κ1) is 18.6. The summed E-state index contributed by atoms with van der Waals surface area (Å²) < 4.78 is 24.3. The number of hydrogen-bond donors (Lipinski definition) is 2. The molecule has 3 heterocycles. The van der Waals surface area contributed by atoms with E-state index in [-0.39, 0.29) is 4.90 Å². The molecule has 154 valence electrons. The fraction of sp³-hybridized carbons (Fsp3) is 0.526. The minimum absolute atomic E-state index is 0.206. The summed E-state index contributed by atoms with van der Waals surface area (Å²) in [6.45, 7) is 2.86. The number of hydrogen-bond acceptors (Lipinski definition) is 5. The number of amides is 2. The van der Waals surface area contributed by atoms with Crippen LogP contribution in [0, 0.1) is 6.92 Å². The minimum Gasteiger partial charge on any atom is -0.477 e. The van der Waals surface area contributed by atoms with Crippen LogP contribution in [0.4, 0.5) is 10.5 Å². The third-order valence-electron chi connectivity index (χ3n) is 5.77. The van der Waals surface area contributed by atoms with E-state index < -0.39 is 15.9 Å². The molecule has 3 aliphatic rings. The molecule has 2 aliphatic carbocycles. The fourth-order valence-electron chi connectivity index (χ4n) is 4.59. The molecule has 0 saturated carbocycles. The van der Waals surface area contributed by atoms with Gasteiger partial charge in [-0.2, -0.15) is 5.10 Å². The molecule has 5 rings (SSSR count). The van der Waals surface area contributed by atoms with E-state index in [4.69, 9.17) is 14.9 Å².